The van der Waals surface area contributed by atoms with Crippen LogP contribution in [0.3, 0.4) is 0 Å². The molecule has 0 bridgehead atoms. The summed E-state index contributed by atoms with van der Waals surface area (Å²) in [5.41, 5.74) is 4.93. The lowest BCUT2D eigenvalue weighted by Gasteiger charge is -2.22. The van der Waals surface area contributed by atoms with Gasteiger partial charge in [0, 0.05) is 13.1 Å². The predicted octanol–water partition coefficient (Wildman–Crippen LogP) is -0.756. The molecule has 0 unspecified atom stereocenters. The smallest absolute Gasteiger partial charge is 0.312 e. The Bertz CT molecular complexity index is 168. The maximum absolute atomic E-state index is 10.3. The van der Waals surface area contributed by atoms with E-state index in [2.05, 4.69) is 16.0 Å². The van der Waals surface area contributed by atoms with Gasteiger partial charge in [-0.05, 0) is 38.4 Å². The van der Waals surface area contributed by atoms with Crippen molar-refractivity contribution in [3.8, 4) is 0 Å². The van der Waals surface area contributed by atoms with Crippen molar-refractivity contribution in [1.82, 2.24) is 16.0 Å². The van der Waals surface area contributed by atoms with Gasteiger partial charge in [-0.2, -0.15) is 0 Å². The number of amides is 2. The molecule has 5 N–H and O–H groups in total. The molecule has 0 aliphatic carbocycles. The SMILES string of the molecule is NC(=O)NCCNCC1CCNCC1. The predicted molar refractivity (Wildman–Crippen MR) is 56.0 cm³/mol. The number of nitrogens with one attached hydrogen (secondary N) is 3. The summed E-state index contributed by atoms with van der Waals surface area (Å²) >= 11 is 0. The average Bonchev–Trinajstić information content (AvgIpc) is 2.18. The molecule has 14 heavy (non-hydrogen) atoms. The van der Waals surface area contributed by atoms with Crippen LogP contribution in [0, 0.1) is 5.92 Å². The van der Waals surface area contributed by atoms with Crippen molar-refractivity contribution in [2.45, 2.75) is 12.8 Å². The minimum Gasteiger partial charge on any atom is -0.352 e. The molecule has 0 saturated carbocycles. The van der Waals surface area contributed by atoms with Crippen molar-refractivity contribution < 1.29 is 4.79 Å². The molecule has 0 aromatic rings. The molecule has 0 aromatic carbocycles. The normalized spacial score (nSPS) is 18.0. The zero-order chi connectivity index (χ0) is 10.2. The zero-order valence-electron chi connectivity index (χ0n) is 8.51. The molecular weight excluding hydrogens is 180 g/mol. The number of hydrogen-bond acceptors (Lipinski definition) is 3. The van der Waals surface area contributed by atoms with Gasteiger partial charge >= 0.3 is 6.03 Å². The number of carbonyl (C=O) groups excluding carboxylic acids is 1. The van der Waals surface area contributed by atoms with E-state index in [1.807, 2.05) is 0 Å². The van der Waals surface area contributed by atoms with Gasteiger partial charge in [0.25, 0.3) is 0 Å². The van der Waals surface area contributed by atoms with E-state index in [4.69, 9.17) is 5.73 Å². The summed E-state index contributed by atoms with van der Waals surface area (Å²) in [5.74, 6) is 0.782. The van der Waals surface area contributed by atoms with Gasteiger partial charge in [0.05, 0.1) is 0 Å². The van der Waals surface area contributed by atoms with Crippen molar-refractivity contribution in [1.29, 1.82) is 0 Å². The van der Waals surface area contributed by atoms with Crippen molar-refractivity contribution in [2.24, 2.45) is 11.7 Å². The van der Waals surface area contributed by atoms with E-state index >= 15 is 0 Å². The molecule has 0 radical (unpaired) electrons. The quantitative estimate of drug-likeness (QED) is 0.441. The van der Waals surface area contributed by atoms with Crippen LogP contribution in [-0.2, 0) is 0 Å². The Morgan fingerprint density at radius 1 is 1.36 bits per heavy atom. The third-order valence-corrected chi connectivity index (χ3v) is 2.49. The first-order valence-corrected chi connectivity index (χ1v) is 5.24. The molecular formula is C9H20N4O. The third-order valence-electron chi connectivity index (χ3n) is 2.49. The number of urea groups is 1. The fraction of sp³-hybridized carbons (Fsp3) is 0.889. The molecule has 1 rings (SSSR count). The second-order valence-corrected chi connectivity index (χ2v) is 3.69. The van der Waals surface area contributed by atoms with Crippen LogP contribution in [0.4, 0.5) is 4.79 Å². The highest BCUT2D eigenvalue weighted by Crippen LogP contribution is 2.09. The van der Waals surface area contributed by atoms with Crippen LogP contribution in [0.5, 0.6) is 0 Å². The Morgan fingerprint density at radius 2 is 2.07 bits per heavy atom. The average molecular weight is 200 g/mol. The lowest BCUT2D eigenvalue weighted by molar-refractivity contribution is 0.249. The van der Waals surface area contributed by atoms with E-state index in [0.29, 0.717) is 6.54 Å². The highest BCUT2D eigenvalue weighted by Gasteiger charge is 2.11. The van der Waals surface area contributed by atoms with Crippen molar-refractivity contribution in [2.75, 3.05) is 32.7 Å². The van der Waals surface area contributed by atoms with Gasteiger partial charge in [-0.3, -0.25) is 0 Å². The molecule has 1 saturated heterocycles. The van der Waals surface area contributed by atoms with Gasteiger partial charge in [-0.1, -0.05) is 0 Å². The van der Waals surface area contributed by atoms with E-state index in [9.17, 15) is 4.79 Å². The van der Waals surface area contributed by atoms with E-state index < -0.39 is 6.03 Å². The second-order valence-electron chi connectivity index (χ2n) is 3.69. The number of piperidine rings is 1. The highest BCUT2D eigenvalue weighted by atomic mass is 16.2. The molecule has 0 spiro atoms. The number of nitrogens with two attached hydrogens (primary N) is 1. The van der Waals surface area contributed by atoms with E-state index in [1.54, 1.807) is 0 Å². The topological polar surface area (TPSA) is 79.2 Å². The first-order chi connectivity index (χ1) is 6.79. The zero-order valence-corrected chi connectivity index (χ0v) is 8.51. The summed E-state index contributed by atoms with van der Waals surface area (Å²) in [7, 11) is 0. The Hall–Kier alpha value is -0.810. The summed E-state index contributed by atoms with van der Waals surface area (Å²) in [6.07, 6.45) is 2.49. The summed E-state index contributed by atoms with van der Waals surface area (Å²) in [6, 6.07) is -0.450. The Labute approximate surface area is 84.8 Å². The minimum atomic E-state index is -0.450. The van der Waals surface area contributed by atoms with Crippen LogP contribution >= 0.6 is 0 Å². The Morgan fingerprint density at radius 3 is 2.71 bits per heavy atom. The molecule has 1 aliphatic rings. The van der Waals surface area contributed by atoms with Crippen LogP contribution in [0.2, 0.25) is 0 Å². The van der Waals surface area contributed by atoms with Gasteiger partial charge in [-0.25, -0.2) is 4.79 Å². The second kappa shape index (κ2) is 6.62. The molecule has 0 atom stereocenters. The van der Waals surface area contributed by atoms with Gasteiger partial charge in [0.15, 0.2) is 0 Å². The number of rotatable bonds is 5. The summed E-state index contributed by atoms with van der Waals surface area (Å²) < 4.78 is 0. The van der Waals surface area contributed by atoms with Gasteiger partial charge in [-0.15, -0.1) is 0 Å². The molecule has 2 amide bonds. The van der Waals surface area contributed by atoms with Crippen LogP contribution in [0.15, 0.2) is 0 Å². The minimum absolute atomic E-state index is 0.450. The number of primary amides is 1. The van der Waals surface area contributed by atoms with Gasteiger partial charge in [0.2, 0.25) is 0 Å². The Balaban J connectivity index is 1.90. The fourth-order valence-electron chi connectivity index (χ4n) is 1.67. The molecule has 5 nitrogen and oxygen atoms in total. The van der Waals surface area contributed by atoms with Gasteiger partial charge in [0.1, 0.15) is 0 Å². The number of carbonyl (C=O) groups is 1. The van der Waals surface area contributed by atoms with Crippen molar-refractivity contribution in [3.05, 3.63) is 0 Å². The third kappa shape index (κ3) is 5.04. The molecule has 1 aliphatic heterocycles. The lowest BCUT2D eigenvalue weighted by atomic mass is 9.98. The first kappa shape index (κ1) is 11.3. The van der Waals surface area contributed by atoms with Crippen LogP contribution in [0.25, 0.3) is 0 Å². The standard InChI is InChI=1S/C9H20N4O/c10-9(14)13-6-5-12-7-8-1-3-11-4-2-8/h8,11-12H,1-7H2,(H3,10,13,14). The number of hydrogen-bond donors (Lipinski definition) is 4. The van der Waals surface area contributed by atoms with E-state index in [-0.39, 0.29) is 0 Å². The molecule has 1 heterocycles. The lowest BCUT2D eigenvalue weighted by Crippen LogP contribution is -2.38. The Kier molecular flexibility index (Phi) is 5.32. The van der Waals surface area contributed by atoms with E-state index in [0.717, 1.165) is 32.1 Å². The maximum Gasteiger partial charge on any atom is 0.312 e. The van der Waals surface area contributed by atoms with Crippen LogP contribution in [0.1, 0.15) is 12.8 Å². The van der Waals surface area contributed by atoms with E-state index in [1.165, 1.54) is 12.8 Å². The molecule has 0 aromatic heterocycles. The van der Waals surface area contributed by atoms with Crippen molar-refractivity contribution in [3.63, 3.8) is 0 Å². The molecule has 5 heteroatoms. The molecule has 1 fully saturated rings. The maximum atomic E-state index is 10.3. The summed E-state index contributed by atoms with van der Waals surface area (Å²) in [4.78, 5) is 10.3. The fourth-order valence-corrected chi connectivity index (χ4v) is 1.67. The van der Waals surface area contributed by atoms with Gasteiger partial charge < -0.3 is 21.7 Å². The first-order valence-electron chi connectivity index (χ1n) is 5.24. The van der Waals surface area contributed by atoms with Crippen LogP contribution < -0.4 is 21.7 Å². The monoisotopic (exact) mass is 200 g/mol. The van der Waals surface area contributed by atoms with Crippen molar-refractivity contribution >= 4 is 6.03 Å². The molecule has 82 valence electrons. The largest absolute Gasteiger partial charge is 0.352 e. The highest BCUT2D eigenvalue weighted by molar-refractivity contribution is 5.71. The summed E-state index contributed by atoms with van der Waals surface area (Å²) in [6.45, 7) is 4.72. The summed E-state index contributed by atoms with van der Waals surface area (Å²) in [5, 5.41) is 9.19. The van der Waals surface area contributed by atoms with Crippen LogP contribution in [-0.4, -0.2) is 38.8 Å².